The normalized spacial score (nSPS) is 13.3. The van der Waals surface area contributed by atoms with Gasteiger partial charge in [-0.2, -0.15) is 0 Å². The number of fused-ring (bicyclic) bond motifs is 12. The summed E-state index contributed by atoms with van der Waals surface area (Å²) in [4.78, 5) is 14.8. The SMILES string of the molecule is Cc1cc(C)c2c3c1N(c1ccccc1)c1ccccc1B3c1ccccc1N2c1ccccc1.Cc1ccc2c3c1N(c1ccccc1)c1ccccc1B3c1ccccc1N2c1ccccc1.Cc1ccccc1N1c2cccc3c2B(c2cccc(C)c21)c1cccc(C)c1N3c1ccccc1C. The molecule has 0 saturated heterocycles. The minimum atomic E-state index is 0.177. The molecule has 0 fully saturated rings. The maximum atomic E-state index is 2.51. The smallest absolute Gasteiger partial charge is 0.252 e. The number of aryl methyl sites for hydroxylation is 7. The topological polar surface area (TPSA) is 19.4 Å². The maximum Gasteiger partial charge on any atom is 0.252 e. The van der Waals surface area contributed by atoms with Crippen molar-refractivity contribution < 1.29 is 0 Å². The van der Waals surface area contributed by atoms with Crippen LogP contribution in [0.25, 0.3) is 0 Å². The van der Waals surface area contributed by atoms with Gasteiger partial charge in [-0.1, -0.05) is 237 Å². The van der Waals surface area contributed by atoms with Crippen molar-refractivity contribution in [1.29, 1.82) is 0 Å². The fourth-order valence-corrected chi connectivity index (χ4v) is 18.4. The van der Waals surface area contributed by atoms with E-state index in [0.29, 0.717) is 0 Å². The Kier molecular flexibility index (Phi) is 15.7. The molecule has 0 spiro atoms. The first-order valence-electron chi connectivity index (χ1n) is 37.2. The van der Waals surface area contributed by atoms with Gasteiger partial charge in [-0.15, -0.1) is 0 Å². The number of hydrogen-bond acceptors (Lipinski definition) is 6. The van der Waals surface area contributed by atoms with Gasteiger partial charge in [0, 0.05) is 102 Å². The van der Waals surface area contributed by atoms with Crippen LogP contribution < -0.4 is 78.6 Å². The van der Waals surface area contributed by atoms with Gasteiger partial charge in [0.25, 0.3) is 20.1 Å². The van der Waals surface area contributed by atoms with Gasteiger partial charge in [-0.25, -0.2) is 0 Å². The number of anilines is 18. The second-order valence-corrected chi connectivity index (χ2v) is 29.0. The van der Waals surface area contributed by atoms with Crippen molar-refractivity contribution in [3.63, 3.8) is 0 Å². The molecule has 21 rings (SSSR count). The molecular formula is C97H77B3N6. The van der Waals surface area contributed by atoms with E-state index in [1.807, 2.05) is 0 Å². The highest BCUT2D eigenvalue weighted by Gasteiger charge is 2.48. The average molecular weight is 1360 g/mol. The molecule has 0 aromatic heterocycles. The van der Waals surface area contributed by atoms with Gasteiger partial charge in [-0.3, -0.25) is 0 Å². The lowest BCUT2D eigenvalue weighted by Gasteiger charge is -2.45. The van der Waals surface area contributed by atoms with Crippen LogP contribution in [0.4, 0.5) is 102 Å². The molecule has 0 aliphatic carbocycles. The number of hydrogen-bond donors (Lipinski definition) is 0. The second kappa shape index (κ2) is 25.9. The summed E-state index contributed by atoms with van der Waals surface area (Å²) in [6.45, 7) is 16.2. The van der Waals surface area contributed by atoms with Crippen molar-refractivity contribution in [2.45, 2.75) is 48.5 Å². The lowest BCUT2D eigenvalue weighted by molar-refractivity contribution is 1.20. The zero-order valence-corrected chi connectivity index (χ0v) is 60.7. The van der Waals surface area contributed by atoms with Crippen LogP contribution in [-0.2, 0) is 0 Å². The van der Waals surface area contributed by atoms with Crippen molar-refractivity contribution in [3.05, 3.63) is 379 Å². The van der Waals surface area contributed by atoms with Crippen LogP contribution in [0.5, 0.6) is 0 Å². The largest absolute Gasteiger partial charge is 0.311 e. The molecule has 0 atom stereocenters. The molecule has 15 aromatic carbocycles. The molecule has 504 valence electrons. The van der Waals surface area contributed by atoms with E-state index in [9.17, 15) is 0 Å². The van der Waals surface area contributed by atoms with E-state index in [1.54, 1.807) is 0 Å². The van der Waals surface area contributed by atoms with Gasteiger partial charge < -0.3 is 29.4 Å². The monoisotopic (exact) mass is 1360 g/mol. The van der Waals surface area contributed by atoms with Crippen molar-refractivity contribution in [2.24, 2.45) is 0 Å². The summed E-state index contributed by atoms with van der Waals surface area (Å²) in [6, 6.07) is 124. The highest BCUT2D eigenvalue weighted by molar-refractivity contribution is 7.02. The summed E-state index contributed by atoms with van der Waals surface area (Å²) in [7, 11) is 0. The van der Waals surface area contributed by atoms with Crippen LogP contribution in [0, 0.1) is 48.5 Å². The average Bonchev–Trinajstić information content (AvgIpc) is 0.708. The van der Waals surface area contributed by atoms with Crippen LogP contribution in [0.1, 0.15) is 38.9 Å². The lowest BCUT2D eigenvalue weighted by atomic mass is 9.33. The third-order valence-electron chi connectivity index (χ3n) is 22.7. The summed E-state index contributed by atoms with van der Waals surface area (Å²) >= 11 is 0. The van der Waals surface area contributed by atoms with Crippen LogP contribution in [-0.4, -0.2) is 20.1 Å². The Bertz CT molecular complexity index is 5720. The van der Waals surface area contributed by atoms with Gasteiger partial charge in [0.1, 0.15) is 0 Å². The number of benzene rings is 15. The van der Waals surface area contributed by atoms with E-state index in [0.717, 1.165) is 0 Å². The zero-order chi connectivity index (χ0) is 71.4. The Labute approximate surface area is 624 Å². The van der Waals surface area contributed by atoms with Crippen molar-refractivity contribution in [1.82, 2.24) is 0 Å². The summed E-state index contributed by atoms with van der Waals surface area (Å²) in [5, 5.41) is 0. The molecule has 6 heterocycles. The minimum Gasteiger partial charge on any atom is -0.311 e. The van der Waals surface area contributed by atoms with Crippen LogP contribution in [0.15, 0.2) is 340 Å². The Morgan fingerprint density at radius 1 is 0.160 bits per heavy atom. The van der Waals surface area contributed by atoms with E-state index in [2.05, 4.69) is 418 Å². The van der Waals surface area contributed by atoms with Crippen LogP contribution in [0.2, 0.25) is 0 Å². The molecule has 6 aliphatic rings. The Morgan fingerprint density at radius 2 is 0.425 bits per heavy atom. The molecular weight excluding hydrogens is 1280 g/mol. The molecule has 0 saturated carbocycles. The molecule has 6 aliphatic heterocycles. The van der Waals surface area contributed by atoms with E-state index in [4.69, 9.17) is 0 Å². The first kappa shape index (κ1) is 64.2. The van der Waals surface area contributed by atoms with Gasteiger partial charge in [-0.05, 0) is 240 Å². The van der Waals surface area contributed by atoms with Gasteiger partial charge >= 0.3 is 0 Å². The number of para-hydroxylation sites is 12. The Balaban J connectivity index is 0.000000109. The minimum absolute atomic E-state index is 0.177. The third kappa shape index (κ3) is 10.0. The molecule has 0 unspecified atom stereocenters. The van der Waals surface area contributed by atoms with Crippen LogP contribution in [0.3, 0.4) is 0 Å². The van der Waals surface area contributed by atoms with E-state index >= 15 is 0 Å². The first-order valence-corrected chi connectivity index (χ1v) is 37.2. The zero-order valence-electron chi connectivity index (χ0n) is 60.7. The highest BCUT2D eigenvalue weighted by Crippen LogP contribution is 2.50. The predicted octanol–water partition coefficient (Wildman–Crippen LogP) is 19.5. The molecule has 9 heteroatoms. The molecule has 0 N–H and O–H groups in total. The molecule has 0 bridgehead atoms. The van der Waals surface area contributed by atoms with E-state index in [1.165, 1.54) is 190 Å². The van der Waals surface area contributed by atoms with Crippen LogP contribution >= 0.6 is 0 Å². The van der Waals surface area contributed by atoms with Gasteiger partial charge in [0.2, 0.25) is 0 Å². The van der Waals surface area contributed by atoms with E-state index < -0.39 is 0 Å². The number of nitrogens with zero attached hydrogens (tertiary/aromatic N) is 6. The predicted molar refractivity (Wildman–Crippen MR) is 455 cm³/mol. The molecule has 0 radical (unpaired) electrons. The van der Waals surface area contributed by atoms with E-state index in [-0.39, 0.29) is 20.1 Å². The summed E-state index contributed by atoms with van der Waals surface area (Å²) in [6.07, 6.45) is 0. The van der Waals surface area contributed by atoms with Gasteiger partial charge in [0.15, 0.2) is 0 Å². The third-order valence-corrected chi connectivity index (χ3v) is 22.7. The standard InChI is InChI=1S/C34H29BN2.C32H25BN2.C31H23BN2/c1-22-12-5-7-18-28(22)36-30-20-11-21-31-32(30)35(26-16-9-14-24(3)33(26)36)27-17-10-15-25(4)34(27)37(31)29-19-8-6-13-23(29)2;1-22-21-23(2)32-30-31(22)34(24-13-5-3-6-14-24)28-19-11-9-17-26(28)33(30)27-18-10-12-20-29(27)35(32)25-15-7-4-8-16-25;1-22-20-21-29-30-31(22)34(24-14-6-3-7-15-24)28-19-11-9-17-26(28)32(30)25-16-8-10-18-27(25)33(29)23-12-4-2-5-13-23/h5-21H,1-4H3;3-21H,1-2H3;2-21H,1H3. The maximum absolute atomic E-state index is 2.51. The number of rotatable bonds is 6. The highest BCUT2D eigenvalue weighted by atomic mass is 15.2. The Hall–Kier alpha value is -12.7. The van der Waals surface area contributed by atoms with Crippen molar-refractivity contribution in [3.8, 4) is 0 Å². The van der Waals surface area contributed by atoms with Crippen molar-refractivity contribution >= 4 is 172 Å². The molecule has 106 heavy (non-hydrogen) atoms. The Morgan fingerprint density at radius 3 is 0.821 bits per heavy atom. The lowest BCUT2D eigenvalue weighted by Crippen LogP contribution is -2.61. The summed E-state index contributed by atoms with van der Waals surface area (Å²) in [5.41, 5.74) is 43.9. The second-order valence-electron chi connectivity index (χ2n) is 29.0. The summed E-state index contributed by atoms with van der Waals surface area (Å²) < 4.78 is 0. The van der Waals surface area contributed by atoms with Gasteiger partial charge in [0.05, 0.1) is 0 Å². The quantitative estimate of drug-likeness (QED) is 0.153. The molecule has 15 aromatic rings. The fourth-order valence-electron chi connectivity index (χ4n) is 18.4. The van der Waals surface area contributed by atoms with Crippen molar-refractivity contribution in [2.75, 3.05) is 29.4 Å². The molecule has 0 amide bonds. The first-order chi connectivity index (χ1) is 52.1. The fraction of sp³-hybridized carbons (Fsp3) is 0.0722. The molecule has 6 nitrogen and oxygen atoms in total. The summed E-state index contributed by atoms with van der Waals surface area (Å²) in [5.74, 6) is 0.